The zero-order chi connectivity index (χ0) is 24.6. The fraction of sp³-hybridized carbons (Fsp3) is 0.621. The molecule has 0 spiro atoms. The molecule has 6 heteroatoms. The summed E-state index contributed by atoms with van der Waals surface area (Å²) in [5, 5.41) is 14.0. The summed E-state index contributed by atoms with van der Waals surface area (Å²) >= 11 is 0. The van der Waals surface area contributed by atoms with E-state index < -0.39 is 0 Å². The molecule has 0 atom stereocenters. The number of allylic oxidation sites excluding steroid dienone is 1. The smallest absolute Gasteiger partial charge is 0.120 e. The van der Waals surface area contributed by atoms with Crippen molar-refractivity contribution in [3.63, 3.8) is 0 Å². The molecule has 5 rings (SSSR count). The molecule has 3 fully saturated rings. The van der Waals surface area contributed by atoms with Crippen LogP contribution < -0.4 is 21.3 Å². The van der Waals surface area contributed by atoms with Crippen LogP contribution in [0.2, 0.25) is 0 Å². The fourth-order valence-corrected chi connectivity index (χ4v) is 6.13. The van der Waals surface area contributed by atoms with Gasteiger partial charge in [0.25, 0.3) is 0 Å². The molecular formula is C29H46N6. The summed E-state index contributed by atoms with van der Waals surface area (Å²) in [7, 11) is 2.02. The molecule has 3 saturated carbocycles. The first-order valence-electron chi connectivity index (χ1n) is 13.8. The van der Waals surface area contributed by atoms with Gasteiger partial charge in [-0.05, 0) is 81.0 Å². The Labute approximate surface area is 212 Å². The van der Waals surface area contributed by atoms with E-state index in [0.717, 1.165) is 50.7 Å². The molecule has 35 heavy (non-hydrogen) atoms. The SMILES string of the molecule is CCCNCCN/C(=C\NC)C12CCC(c3ccc(-c4cnc(CNCCC)[nH]4)cc3)(CC1)CC2. The number of aromatic nitrogens is 2. The summed E-state index contributed by atoms with van der Waals surface area (Å²) in [6.45, 7) is 9.33. The summed E-state index contributed by atoms with van der Waals surface area (Å²) < 4.78 is 0. The lowest BCUT2D eigenvalue weighted by atomic mass is 9.51. The molecule has 0 aliphatic heterocycles. The summed E-state index contributed by atoms with van der Waals surface area (Å²) in [5.74, 6) is 1.01. The van der Waals surface area contributed by atoms with Gasteiger partial charge in [0, 0.05) is 37.4 Å². The van der Waals surface area contributed by atoms with Gasteiger partial charge in [0.1, 0.15) is 5.82 Å². The molecule has 2 bridgehead atoms. The highest BCUT2D eigenvalue weighted by molar-refractivity contribution is 5.59. The Balaban J connectivity index is 1.37. The predicted octanol–water partition coefficient (Wildman–Crippen LogP) is 4.82. The molecule has 0 radical (unpaired) electrons. The zero-order valence-corrected chi connectivity index (χ0v) is 22.1. The van der Waals surface area contributed by atoms with Crippen LogP contribution in [0.25, 0.3) is 11.3 Å². The standard InChI is InChI=1S/C29H46N6/c1-4-16-31-18-19-33-26(21-30-3)29-13-10-28(11-14-29,12-15-29)24-8-6-23(7-9-24)25-20-34-27(35-25)22-32-17-5-2/h6-9,20-21,30-33H,4-5,10-19,22H2,1-3H3,(H,34,35)/b26-21-. The van der Waals surface area contributed by atoms with Crippen molar-refractivity contribution >= 4 is 0 Å². The van der Waals surface area contributed by atoms with Crippen LogP contribution in [0.1, 0.15) is 76.6 Å². The van der Waals surface area contributed by atoms with Crippen molar-refractivity contribution in [3.05, 3.63) is 53.7 Å². The van der Waals surface area contributed by atoms with Crippen LogP contribution in [0.5, 0.6) is 0 Å². The van der Waals surface area contributed by atoms with Gasteiger partial charge in [0.05, 0.1) is 18.4 Å². The molecule has 1 aromatic heterocycles. The zero-order valence-electron chi connectivity index (χ0n) is 22.1. The molecule has 0 saturated heterocycles. The largest absolute Gasteiger partial charge is 0.393 e. The van der Waals surface area contributed by atoms with Crippen molar-refractivity contribution in [1.29, 1.82) is 0 Å². The third-order valence-electron chi connectivity index (χ3n) is 8.31. The van der Waals surface area contributed by atoms with E-state index in [-0.39, 0.29) is 0 Å². The Morgan fingerprint density at radius 1 is 0.914 bits per heavy atom. The number of imidazole rings is 1. The number of rotatable bonds is 14. The second-order valence-electron chi connectivity index (χ2n) is 10.6. The van der Waals surface area contributed by atoms with Gasteiger partial charge in [-0.1, -0.05) is 38.1 Å². The average Bonchev–Trinajstić information content (AvgIpc) is 3.38. The number of hydrogen-bond acceptors (Lipinski definition) is 5. The third-order valence-corrected chi connectivity index (χ3v) is 8.31. The lowest BCUT2D eigenvalue weighted by Crippen LogP contribution is -2.48. The van der Waals surface area contributed by atoms with E-state index in [9.17, 15) is 0 Å². The van der Waals surface area contributed by atoms with E-state index in [1.165, 1.54) is 61.8 Å². The highest BCUT2D eigenvalue weighted by Gasteiger charge is 2.50. The maximum absolute atomic E-state index is 4.55. The number of H-pyrrole nitrogens is 1. The minimum Gasteiger partial charge on any atom is -0.393 e. The maximum Gasteiger partial charge on any atom is 0.120 e. The third kappa shape index (κ3) is 5.92. The Bertz CT molecular complexity index is 920. The Morgan fingerprint density at radius 2 is 1.60 bits per heavy atom. The second-order valence-corrected chi connectivity index (χ2v) is 10.6. The molecule has 5 N–H and O–H groups in total. The molecule has 192 valence electrons. The summed E-state index contributed by atoms with van der Waals surface area (Å²) in [4.78, 5) is 8.03. The first-order chi connectivity index (χ1) is 17.1. The quantitative estimate of drug-likeness (QED) is 0.252. The van der Waals surface area contributed by atoms with E-state index in [2.05, 4.69) is 75.5 Å². The van der Waals surface area contributed by atoms with Gasteiger partial charge in [-0.25, -0.2) is 4.98 Å². The highest BCUT2D eigenvalue weighted by atomic mass is 15.0. The highest BCUT2D eigenvalue weighted by Crippen LogP contribution is 2.60. The molecule has 0 amide bonds. The van der Waals surface area contributed by atoms with Crippen LogP contribution in [0.4, 0.5) is 0 Å². The summed E-state index contributed by atoms with van der Waals surface area (Å²) in [5.41, 5.74) is 5.93. The Morgan fingerprint density at radius 3 is 2.26 bits per heavy atom. The first-order valence-corrected chi connectivity index (χ1v) is 13.8. The number of fused-ring (bicyclic) bond motifs is 3. The van der Waals surface area contributed by atoms with E-state index in [1.807, 2.05) is 13.2 Å². The topological polar surface area (TPSA) is 76.8 Å². The number of aromatic amines is 1. The van der Waals surface area contributed by atoms with Gasteiger partial charge in [0.2, 0.25) is 0 Å². The normalized spacial score (nSPS) is 24.0. The van der Waals surface area contributed by atoms with Crippen LogP contribution in [0, 0.1) is 5.41 Å². The van der Waals surface area contributed by atoms with Gasteiger partial charge >= 0.3 is 0 Å². The van der Waals surface area contributed by atoms with Crippen molar-refractivity contribution in [3.8, 4) is 11.3 Å². The first kappa shape index (κ1) is 25.8. The lowest BCUT2D eigenvalue weighted by Gasteiger charge is -2.54. The number of hydrogen-bond donors (Lipinski definition) is 5. The van der Waals surface area contributed by atoms with Crippen molar-refractivity contribution in [2.75, 3.05) is 33.2 Å². The van der Waals surface area contributed by atoms with Crippen LogP contribution in [0.15, 0.2) is 42.4 Å². The van der Waals surface area contributed by atoms with Gasteiger partial charge in [-0.3, -0.25) is 0 Å². The van der Waals surface area contributed by atoms with Crippen molar-refractivity contribution < 1.29 is 0 Å². The second kappa shape index (κ2) is 12.1. The van der Waals surface area contributed by atoms with Gasteiger partial charge in [0.15, 0.2) is 0 Å². The van der Waals surface area contributed by atoms with Gasteiger partial charge in [-0.15, -0.1) is 0 Å². The van der Waals surface area contributed by atoms with E-state index >= 15 is 0 Å². The number of nitrogens with one attached hydrogen (secondary N) is 5. The van der Waals surface area contributed by atoms with Crippen molar-refractivity contribution in [2.45, 2.75) is 77.2 Å². The van der Waals surface area contributed by atoms with Crippen molar-refractivity contribution in [2.24, 2.45) is 5.41 Å². The monoisotopic (exact) mass is 478 g/mol. The van der Waals surface area contributed by atoms with E-state index in [0.29, 0.717) is 10.8 Å². The van der Waals surface area contributed by atoms with Crippen LogP contribution in [0.3, 0.4) is 0 Å². The molecule has 1 heterocycles. The molecule has 3 aliphatic rings. The van der Waals surface area contributed by atoms with E-state index in [1.54, 1.807) is 0 Å². The molecular weight excluding hydrogens is 432 g/mol. The molecule has 0 unspecified atom stereocenters. The van der Waals surface area contributed by atoms with Gasteiger partial charge in [-0.2, -0.15) is 0 Å². The lowest BCUT2D eigenvalue weighted by molar-refractivity contribution is 0.0637. The van der Waals surface area contributed by atoms with Crippen LogP contribution in [-0.4, -0.2) is 43.2 Å². The van der Waals surface area contributed by atoms with E-state index in [4.69, 9.17) is 0 Å². The predicted molar refractivity (Wildman–Crippen MR) is 146 cm³/mol. The van der Waals surface area contributed by atoms with Crippen LogP contribution in [-0.2, 0) is 12.0 Å². The number of nitrogens with zero attached hydrogens (tertiary/aromatic N) is 1. The summed E-state index contributed by atoms with van der Waals surface area (Å²) in [6, 6.07) is 9.33. The Hall–Kier alpha value is -2.31. The fourth-order valence-electron chi connectivity index (χ4n) is 6.13. The van der Waals surface area contributed by atoms with Crippen molar-refractivity contribution in [1.82, 2.24) is 31.2 Å². The number of benzene rings is 1. The minimum absolute atomic E-state index is 0.313. The molecule has 3 aliphatic carbocycles. The Kier molecular flexibility index (Phi) is 8.90. The molecule has 1 aromatic carbocycles. The average molecular weight is 479 g/mol. The summed E-state index contributed by atoms with van der Waals surface area (Å²) in [6.07, 6.45) is 14.2. The van der Waals surface area contributed by atoms with Gasteiger partial charge < -0.3 is 26.3 Å². The maximum atomic E-state index is 4.55. The van der Waals surface area contributed by atoms with Crippen LogP contribution >= 0.6 is 0 Å². The minimum atomic E-state index is 0.313. The molecule has 6 nitrogen and oxygen atoms in total. The molecule has 2 aromatic rings.